The van der Waals surface area contributed by atoms with E-state index in [1.807, 2.05) is 45.7 Å². The molecule has 1 N–H and O–H groups in total. The molecule has 28 heavy (non-hydrogen) atoms. The Labute approximate surface area is 179 Å². The average Bonchev–Trinajstić information content (AvgIpc) is 3.32. The van der Waals surface area contributed by atoms with Crippen molar-refractivity contribution in [3.63, 3.8) is 0 Å². The van der Waals surface area contributed by atoms with E-state index in [0.29, 0.717) is 29.3 Å². The molecule has 0 spiro atoms. The molecule has 5 nitrogen and oxygen atoms in total. The van der Waals surface area contributed by atoms with E-state index in [0.717, 1.165) is 36.3 Å². The summed E-state index contributed by atoms with van der Waals surface area (Å²) in [6.07, 6.45) is 2.42. The number of aryl methyl sites for hydroxylation is 1. The molecule has 0 bridgehead atoms. The van der Waals surface area contributed by atoms with Crippen LogP contribution in [0.3, 0.4) is 0 Å². The monoisotopic (exact) mass is 434 g/mol. The quantitative estimate of drug-likeness (QED) is 0.465. The Morgan fingerprint density at radius 2 is 2.04 bits per heavy atom. The van der Waals surface area contributed by atoms with Crippen LogP contribution in [-0.2, 0) is 24.4 Å². The minimum Gasteiger partial charge on any atom is -0.352 e. The summed E-state index contributed by atoms with van der Waals surface area (Å²) in [7, 11) is 0. The zero-order valence-electron chi connectivity index (χ0n) is 15.7. The fraction of sp³-hybridized carbons (Fsp3) is 0.350. The van der Waals surface area contributed by atoms with Gasteiger partial charge in [0.05, 0.1) is 6.54 Å². The van der Waals surface area contributed by atoms with Gasteiger partial charge in [-0.05, 0) is 65.3 Å². The molecule has 3 aromatic rings. The van der Waals surface area contributed by atoms with Gasteiger partial charge in [0.1, 0.15) is 0 Å². The Bertz CT molecular complexity index is 961. The number of carbonyl (C=O) groups excluding carboxylic acids is 1. The maximum atomic E-state index is 12.2. The van der Waals surface area contributed by atoms with Gasteiger partial charge in [-0.25, -0.2) is 4.68 Å². The Hall–Kier alpha value is -1.96. The molecule has 3 rings (SSSR count). The van der Waals surface area contributed by atoms with Gasteiger partial charge in [0.25, 0.3) is 0 Å². The molecule has 0 atom stereocenters. The highest BCUT2D eigenvalue weighted by atomic mass is 35.5. The summed E-state index contributed by atoms with van der Waals surface area (Å²) in [5.74, 6) is 0.804. The van der Waals surface area contributed by atoms with Crippen molar-refractivity contribution < 1.29 is 4.79 Å². The number of nitrogens with zero attached hydrogens (tertiary/aromatic N) is 3. The summed E-state index contributed by atoms with van der Waals surface area (Å²) in [4.78, 5) is 12.2. The molecule has 148 valence electrons. The molecule has 0 aliphatic heterocycles. The van der Waals surface area contributed by atoms with Crippen molar-refractivity contribution in [1.82, 2.24) is 19.7 Å². The third-order valence-corrected chi connectivity index (χ3v) is 5.80. The molecule has 2 aromatic heterocycles. The van der Waals surface area contributed by atoms with Gasteiger partial charge in [-0.15, -0.1) is 0 Å². The van der Waals surface area contributed by atoms with Crippen LogP contribution in [0, 0.1) is 4.77 Å². The summed E-state index contributed by atoms with van der Waals surface area (Å²) < 4.78 is 4.44. The fourth-order valence-corrected chi connectivity index (χ4v) is 3.91. The van der Waals surface area contributed by atoms with E-state index in [1.54, 1.807) is 16.0 Å². The molecule has 0 saturated carbocycles. The predicted octanol–water partition coefficient (Wildman–Crippen LogP) is 5.30. The van der Waals surface area contributed by atoms with Gasteiger partial charge in [-0.1, -0.05) is 24.9 Å². The molecule has 8 heteroatoms. The zero-order valence-corrected chi connectivity index (χ0v) is 18.1. The lowest BCUT2D eigenvalue weighted by Gasteiger charge is -2.06. The number of halogens is 1. The Morgan fingerprint density at radius 3 is 2.71 bits per heavy atom. The molecule has 2 heterocycles. The first-order valence-electron chi connectivity index (χ1n) is 9.30. The number of amides is 1. The van der Waals surface area contributed by atoms with Gasteiger partial charge in [-0.3, -0.25) is 9.36 Å². The van der Waals surface area contributed by atoms with Gasteiger partial charge >= 0.3 is 0 Å². The van der Waals surface area contributed by atoms with Gasteiger partial charge in [0, 0.05) is 30.1 Å². The maximum absolute atomic E-state index is 12.2. The lowest BCUT2D eigenvalue weighted by molar-refractivity contribution is -0.121. The fourth-order valence-electron chi connectivity index (χ4n) is 2.81. The first kappa shape index (κ1) is 20.8. The van der Waals surface area contributed by atoms with Crippen LogP contribution in [0.15, 0.2) is 41.1 Å². The summed E-state index contributed by atoms with van der Waals surface area (Å²) >= 11 is 13.3. The molecule has 0 radical (unpaired) electrons. The Morgan fingerprint density at radius 1 is 1.25 bits per heavy atom. The first-order valence-corrected chi connectivity index (χ1v) is 11.0. The third kappa shape index (κ3) is 5.31. The number of hydrogen-bond donors (Lipinski definition) is 1. The SMILES string of the molecule is CCCCn1c(-c2ccc(Cl)cc2)nn(CCC(=O)NCc2ccsc2)c1=S. The van der Waals surface area contributed by atoms with E-state index in [-0.39, 0.29) is 5.91 Å². The van der Waals surface area contributed by atoms with E-state index < -0.39 is 0 Å². The predicted molar refractivity (Wildman–Crippen MR) is 117 cm³/mol. The standard InChI is InChI=1S/C20H23ClN4OS2/c1-2-3-10-24-19(16-4-6-17(21)7-5-16)23-25(20(24)27)11-8-18(26)22-13-15-9-12-28-14-15/h4-7,9,12,14H,2-3,8,10-11,13H2,1H3,(H,22,26). The summed E-state index contributed by atoms with van der Waals surface area (Å²) in [6, 6.07) is 9.59. The third-order valence-electron chi connectivity index (χ3n) is 4.38. The highest BCUT2D eigenvalue weighted by molar-refractivity contribution is 7.71. The normalized spacial score (nSPS) is 10.9. The second kappa shape index (κ2) is 10.0. The lowest BCUT2D eigenvalue weighted by Crippen LogP contribution is -2.24. The first-order chi connectivity index (χ1) is 13.6. The van der Waals surface area contributed by atoms with Crippen LogP contribution in [-0.4, -0.2) is 20.3 Å². The van der Waals surface area contributed by atoms with Crippen LogP contribution in [0.4, 0.5) is 0 Å². The second-order valence-corrected chi connectivity index (χ2v) is 8.08. The highest BCUT2D eigenvalue weighted by Crippen LogP contribution is 2.21. The second-order valence-electron chi connectivity index (χ2n) is 6.50. The molecular formula is C20H23ClN4OS2. The molecule has 1 amide bonds. The van der Waals surface area contributed by atoms with E-state index in [1.165, 1.54) is 0 Å². The molecule has 0 unspecified atom stereocenters. The number of rotatable bonds is 9. The topological polar surface area (TPSA) is 51.9 Å². The summed E-state index contributed by atoms with van der Waals surface area (Å²) in [5, 5.41) is 12.4. The zero-order chi connectivity index (χ0) is 19.9. The molecule has 0 aliphatic carbocycles. The van der Waals surface area contributed by atoms with Crippen LogP contribution in [0.1, 0.15) is 31.7 Å². The van der Waals surface area contributed by atoms with Gasteiger partial charge < -0.3 is 5.32 Å². The number of unbranched alkanes of at least 4 members (excludes halogenated alkanes) is 1. The van der Waals surface area contributed by atoms with E-state index in [2.05, 4.69) is 12.2 Å². The Balaban J connectivity index is 1.72. The number of benzene rings is 1. The van der Waals surface area contributed by atoms with Crippen molar-refractivity contribution in [1.29, 1.82) is 0 Å². The number of thiophene rings is 1. The average molecular weight is 435 g/mol. The summed E-state index contributed by atoms with van der Waals surface area (Å²) in [5.41, 5.74) is 2.08. The number of carbonyl (C=O) groups is 1. The smallest absolute Gasteiger partial charge is 0.222 e. The van der Waals surface area contributed by atoms with E-state index >= 15 is 0 Å². The van der Waals surface area contributed by atoms with Crippen LogP contribution in [0.25, 0.3) is 11.4 Å². The lowest BCUT2D eigenvalue weighted by atomic mass is 10.2. The molecular weight excluding hydrogens is 412 g/mol. The van der Waals surface area contributed by atoms with E-state index in [4.69, 9.17) is 28.9 Å². The largest absolute Gasteiger partial charge is 0.352 e. The molecule has 1 aromatic carbocycles. The van der Waals surface area contributed by atoms with Gasteiger partial charge in [0.2, 0.25) is 5.91 Å². The molecule has 0 aliphatic rings. The van der Waals surface area contributed by atoms with Crippen LogP contribution in [0.5, 0.6) is 0 Å². The van der Waals surface area contributed by atoms with Crippen LogP contribution < -0.4 is 5.32 Å². The molecule has 0 fully saturated rings. The van der Waals surface area contributed by atoms with Crippen LogP contribution in [0.2, 0.25) is 5.02 Å². The van der Waals surface area contributed by atoms with Crippen molar-refractivity contribution in [2.45, 2.75) is 45.8 Å². The van der Waals surface area contributed by atoms with Gasteiger partial charge in [0.15, 0.2) is 10.6 Å². The maximum Gasteiger partial charge on any atom is 0.222 e. The number of hydrogen-bond acceptors (Lipinski definition) is 4. The minimum absolute atomic E-state index is 0.00995. The van der Waals surface area contributed by atoms with Crippen molar-refractivity contribution in [2.75, 3.05) is 0 Å². The van der Waals surface area contributed by atoms with E-state index in [9.17, 15) is 4.79 Å². The highest BCUT2D eigenvalue weighted by Gasteiger charge is 2.13. The van der Waals surface area contributed by atoms with Crippen molar-refractivity contribution in [2.24, 2.45) is 0 Å². The Kier molecular flexibility index (Phi) is 7.42. The summed E-state index contributed by atoms with van der Waals surface area (Å²) in [6.45, 7) is 3.95. The van der Waals surface area contributed by atoms with Crippen molar-refractivity contribution >= 4 is 41.1 Å². The number of nitrogens with one attached hydrogen (secondary N) is 1. The van der Waals surface area contributed by atoms with Gasteiger partial charge in [-0.2, -0.15) is 16.4 Å². The molecule has 0 saturated heterocycles. The van der Waals surface area contributed by atoms with Crippen molar-refractivity contribution in [3.8, 4) is 11.4 Å². The number of aromatic nitrogens is 3. The van der Waals surface area contributed by atoms with Crippen LogP contribution >= 0.6 is 35.2 Å². The minimum atomic E-state index is -0.00995. The van der Waals surface area contributed by atoms with Crippen molar-refractivity contribution in [3.05, 3.63) is 56.4 Å².